The van der Waals surface area contributed by atoms with Crippen LogP contribution in [0.25, 0.3) is 22.0 Å². The number of carboxylic acid groups (broad SMARTS) is 1. The molecule has 0 aliphatic heterocycles. The zero-order valence-electron chi connectivity index (χ0n) is 12.1. The number of pyridine rings is 1. The van der Waals surface area contributed by atoms with Gasteiger partial charge in [0.15, 0.2) is 0 Å². The molecule has 6 nitrogen and oxygen atoms in total. The Kier molecular flexibility index (Phi) is 4.32. The van der Waals surface area contributed by atoms with Gasteiger partial charge >= 0.3 is 18.9 Å². The van der Waals surface area contributed by atoms with E-state index < -0.39 is 5.97 Å². The Morgan fingerprint density at radius 3 is 2.73 bits per heavy atom. The summed E-state index contributed by atoms with van der Waals surface area (Å²) in [6.07, 6.45) is 1.54. The Hall–Kier alpha value is -2.60. The molecule has 7 heteroatoms. The molecule has 0 saturated heterocycles. The zero-order valence-corrected chi connectivity index (χ0v) is 12.1. The maximum Gasteiger partial charge on any atom is 1.00 e. The molecule has 1 aromatic carbocycles. The number of carbonyl (C=O) groups is 1. The van der Waals surface area contributed by atoms with Crippen LogP contribution in [0.2, 0.25) is 0 Å². The quantitative estimate of drug-likeness (QED) is 0.501. The van der Waals surface area contributed by atoms with Crippen LogP contribution in [-0.4, -0.2) is 20.7 Å². The number of nitriles is 1. The summed E-state index contributed by atoms with van der Waals surface area (Å²) in [6, 6.07) is 10.6. The number of para-hydroxylation sites is 1. The predicted octanol–water partition coefficient (Wildman–Crippen LogP) is -2.13. The van der Waals surface area contributed by atoms with Gasteiger partial charge in [-0.2, -0.15) is 10.4 Å². The molecule has 0 amide bonds. The fourth-order valence-electron chi connectivity index (χ4n) is 2.27. The molecule has 3 aromatic rings. The maximum absolute atomic E-state index is 11.1. The van der Waals surface area contributed by atoms with Crippen molar-refractivity contribution in [1.82, 2.24) is 14.8 Å². The second-order valence-corrected chi connectivity index (χ2v) is 4.50. The van der Waals surface area contributed by atoms with Crippen LogP contribution in [0.1, 0.15) is 16.2 Å². The number of aromatic carboxylic acids is 1. The molecule has 22 heavy (non-hydrogen) atoms. The van der Waals surface area contributed by atoms with Crippen molar-refractivity contribution in [2.45, 2.75) is 0 Å². The summed E-state index contributed by atoms with van der Waals surface area (Å²) >= 11 is 0. The topological polar surface area (TPSA) is 94.6 Å². The number of carboxylic acids is 1. The van der Waals surface area contributed by atoms with E-state index in [2.05, 4.69) is 16.2 Å². The molecule has 0 radical (unpaired) electrons. The third kappa shape index (κ3) is 2.48. The molecule has 0 atom stereocenters. The van der Waals surface area contributed by atoms with Gasteiger partial charge in [0.1, 0.15) is 11.8 Å². The van der Waals surface area contributed by atoms with E-state index in [0.717, 1.165) is 5.39 Å². The molecule has 3 rings (SSSR count). The monoisotopic (exact) mass is 284 g/mol. The maximum atomic E-state index is 11.1. The van der Waals surface area contributed by atoms with E-state index in [4.69, 9.17) is 0 Å². The molecule has 0 N–H and O–H groups in total. The summed E-state index contributed by atoms with van der Waals surface area (Å²) in [5, 5.41) is 25.2. The van der Waals surface area contributed by atoms with Crippen LogP contribution in [-0.2, 0) is 7.05 Å². The third-order valence-corrected chi connectivity index (χ3v) is 3.26. The van der Waals surface area contributed by atoms with Gasteiger partial charge in [0.25, 0.3) is 0 Å². The molecule has 0 aliphatic rings. The molecular formula is C15H9LiN4O2. The van der Waals surface area contributed by atoms with E-state index in [-0.39, 0.29) is 24.6 Å². The van der Waals surface area contributed by atoms with E-state index in [1.54, 1.807) is 25.4 Å². The predicted molar refractivity (Wildman–Crippen MR) is 73.0 cm³/mol. The SMILES string of the molecule is Cn1ncc(-c2cc(C(=O)[O-])nc3ccccc23)c1C#N.[Li+]. The Balaban J connectivity index is 0.00000176. The standard InChI is InChI=1S/C15H10N4O2.Li/c1-19-14(7-16)11(8-17-19)10-6-13(15(20)21)18-12-5-3-2-4-9(10)12;/h2-6,8H,1H3,(H,20,21);/q;+1/p-1. The minimum Gasteiger partial charge on any atom is -0.543 e. The van der Waals surface area contributed by atoms with Crippen LogP contribution in [0.15, 0.2) is 36.5 Å². The van der Waals surface area contributed by atoms with E-state index >= 15 is 0 Å². The average molecular weight is 284 g/mol. The number of aryl methyl sites for hydroxylation is 1. The van der Waals surface area contributed by atoms with Crippen molar-refractivity contribution in [3.8, 4) is 17.2 Å². The Labute approximate surface area is 138 Å². The van der Waals surface area contributed by atoms with Crippen molar-refractivity contribution in [3.05, 3.63) is 47.9 Å². The smallest absolute Gasteiger partial charge is 0.543 e. The molecule has 0 spiro atoms. The van der Waals surface area contributed by atoms with Gasteiger partial charge in [0, 0.05) is 18.0 Å². The van der Waals surface area contributed by atoms with Crippen molar-refractivity contribution < 1.29 is 28.8 Å². The van der Waals surface area contributed by atoms with Gasteiger partial charge in [0.2, 0.25) is 0 Å². The van der Waals surface area contributed by atoms with E-state index in [0.29, 0.717) is 22.3 Å². The summed E-state index contributed by atoms with van der Waals surface area (Å²) in [4.78, 5) is 15.2. The summed E-state index contributed by atoms with van der Waals surface area (Å²) < 4.78 is 1.45. The van der Waals surface area contributed by atoms with Crippen LogP contribution in [0.5, 0.6) is 0 Å². The third-order valence-electron chi connectivity index (χ3n) is 3.26. The van der Waals surface area contributed by atoms with E-state index in [9.17, 15) is 15.2 Å². The average Bonchev–Trinajstić information content (AvgIpc) is 2.86. The first-order chi connectivity index (χ1) is 10.1. The second-order valence-electron chi connectivity index (χ2n) is 4.50. The molecule has 0 aliphatic carbocycles. The van der Waals surface area contributed by atoms with Gasteiger partial charge in [-0.3, -0.25) is 4.68 Å². The van der Waals surface area contributed by atoms with Gasteiger partial charge in [-0.05, 0) is 17.7 Å². The number of hydrogen-bond acceptors (Lipinski definition) is 5. The second kappa shape index (κ2) is 6.03. The zero-order chi connectivity index (χ0) is 15.0. The molecule has 2 heterocycles. The van der Waals surface area contributed by atoms with Crippen LogP contribution < -0.4 is 24.0 Å². The number of hydrogen-bond donors (Lipinski definition) is 0. The number of carbonyl (C=O) groups excluding carboxylic acids is 1. The molecule has 102 valence electrons. The summed E-state index contributed by atoms with van der Waals surface area (Å²) in [6.45, 7) is 0. The molecule has 0 unspecified atom stereocenters. The summed E-state index contributed by atoms with van der Waals surface area (Å²) in [7, 11) is 1.66. The summed E-state index contributed by atoms with van der Waals surface area (Å²) in [5.74, 6) is -1.36. The number of nitrogens with zero attached hydrogens (tertiary/aromatic N) is 4. The number of fused-ring (bicyclic) bond motifs is 1. The van der Waals surface area contributed by atoms with Gasteiger partial charge in [-0.1, -0.05) is 18.2 Å². The fraction of sp³-hybridized carbons (Fsp3) is 0.0667. The minimum atomic E-state index is -1.36. The normalized spacial score (nSPS) is 10.0. The first-order valence-electron chi connectivity index (χ1n) is 6.15. The van der Waals surface area contributed by atoms with Gasteiger partial charge in [-0.15, -0.1) is 0 Å². The Morgan fingerprint density at radius 2 is 2.05 bits per heavy atom. The minimum absolute atomic E-state index is 0. The van der Waals surface area contributed by atoms with E-state index in [1.165, 1.54) is 10.7 Å². The molecule has 0 saturated carbocycles. The van der Waals surface area contributed by atoms with Crippen molar-refractivity contribution in [2.75, 3.05) is 0 Å². The molecule has 0 fully saturated rings. The molecular weight excluding hydrogens is 275 g/mol. The summed E-state index contributed by atoms with van der Waals surface area (Å²) in [5.41, 5.74) is 1.89. The largest absolute Gasteiger partial charge is 1.00 e. The Bertz CT molecular complexity index is 912. The van der Waals surface area contributed by atoms with Crippen molar-refractivity contribution >= 4 is 16.9 Å². The molecule has 0 bridgehead atoms. The van der Waals surface area contributed by atoms with Crippen molar-refractivity contribution in [2.24, 2.45) is 7.05 Å². The van der Waals surface area contributed by atoms with Crippen LogP contribution >= 0.6 is 0 Å². The van der Waals surface area contributed by atoms with Gasteiger partial charge in [-0.25, -0.2) is 4.98 Å². The first kappa shape index (κ1) is 15.8. The molecule has 2 aromatic heterocycles. The van der Waals surface area contributed by atoms with Gasteiger partial charge < -0.3 is 9.90 Å². The van der Waals surface area contributed by atoms with Crippen LogP contribution in [0.4, 0.5) is 0 Å². The van der Waals surface area contributed by atoms with Crippen LogP contribution in [0, 0.1) is 11.3 Å². The van der Waals surface area contributed by atoms with E-state index in [1.807, 2.05) is 12.1 Å². The number of rotatable bonds is 2. The fourth-order valence-corrected chi connectivity index (χ4v) is 2.27. The first-order valence-corrected chi connectivity index (χ1v) is 6.15. The number of benzene rings is 1. The number of aromatic nitrogens is 3. The van der Waals surface area contributed by atoms with Crippen LogP contribution in [0.3, 0.4) is 0 Å². The van der Waals surface area contributed by atoms with Gasteiger partial charge in [0.05, 0.1) is 23.4 Å². The van der Waals surface area contributed by atoms with Crippen molar-refractivity contribution in [3.63, 3.8) is 0 Å². The Morgan fingerprint density at radius 1 is 1.32 bits per heavy atom. The van der Waals surface area contributed by atoms with Crippen molar-refractivity contribution in [1.29, 1.82) is 5.26 Å².